The summed E-state index contributed by atoms with van der Waals surface area (Å²) in [6, 6.07) is 6.67. The molecule has 176 valence electrons. The quantitative estimate of drug-likeness (QED) is 0.422. The van der Waals surface area contributed by atoms with Gasteiger partial charge in [-0.05, 0) is 72.6 Å². The molecule has 0 saturated heterocycles. The fraction of sp³-hybridized carbons (Fsp3) is 0.464. The minimum Gasteiger partial charge on any atom is -0.481 e. The second kappa shape index (κ2) is 7.17. The smallest absolute Gasteiger partial charge is 0.259 e. The summed E-state index contributed by atoms with van der Waals surface area (Å²) in [5.74, 6) is 2.59. The van der Waals surface area contributed by atoms with Crippen LogP contribution in [0.5, 0.6) is 5.88 Å². The van der Waals surface area contributed by atoms with Gasteiger partial charge in [-0.15, -0.1) is 0 Å². The minimum absolute atomic E-state index is 0.0828. The number of rotatable bonds is 3. The van der Waals surface area contributed by atoms with Gasteiger partial charge in [0, 0.05) is 17.1 Å². The van der Waals surface area contributed by atoms with Crippen molar-refractivity contribution in [3.63, 3.8) is 0 Å². The lowest BCUT2D eigenvalue weighted by Gasteiger charge is -2.62. The SMILES string of the molecule is COc1ncc(C)c(-c2ccc3c(c2)[nH]c(=O)c2cnn([C@H]4CC5CC(C4C)C5(C)C)c23)c1C. The predicted octanol–water partition coefficient (Wildman–Crippen LogP) is 5.81. The second-order valence-corrected chi connectivity index (χ2v) is 11.0. The van der Waals surface area contributed by atoms with E-state index < -0.39 is 0 Å². The highest BCUT2D eigenvalue weighted by atomic mass is 16.5. The minimum atomic E-state index is -0.0828. The van der Waals surface area contributed by atoms with Gasteiger partial charge < -0.3 is 9.72 Å². The van der Waals surface area contributed by atoms with E-state index in [0.29, 0.717) is 34.6 Å². The highest BCUT2D eigenvalue weighted by molar-refractivity contribution is 6.04. The lowest BCUT2D eigenvalue weighted by atomic mass is 9.45. The molecule has 34 heavy (non-hydrogen) atoms. The molecule has 0 amide bonds. The molecule has 0 spiro atoms. The number of hydrogen-bond acceptors (Lipinski definition) is 4. The Labute approximate surface area is 199 Å². The molecule has 4 aromatic rings. The molecule has 1 aromatic carbocycles. The Morgan fingerprint density at radius 1 is 1.15 bits per heavy atom. The highest BCUT2D eigenvalue weighted by Gasteiger charge is 2.56. The highest BCUT2D eigenvalue weighted by Crippen LogP contribution is 2.64. The molecule has 6 heteroatoms. The first-order valence-corrected chi connectivity index (χ1v) is 12.3. The van der Waals surface area contributed by atoms with Crippen LogP contribution < -0.4 is 10.3 Å². The molecule has 3 aromatic heterocycles. The Balaban J connectivity index is 1.52. The summed E-state index contributed by atoms with van der Waals surface area (Å²) in [7, 11) is 1.64. The summed E-state index contributed by atoms with van der Waals surface area (Å²) >= 11 is 0. The molecule has 3 heterocycles. The van der Waals surface area contributed by atoms with Crippen LogP contribution >= 0.6 is 0 Å². The van der Waals surface area contributed by atoms with Crippen LogP contribution in [0.1, 0.15) is 50.8 Å². The zero-order chi connectivity index (χ0) is 23.9. The van der Waals surface area contributed by atoms with E-state index in [1.54, 1.807) is 13.3 Å². The standard InChI is InChI=1S/C28H32N4O2/c1-14-12-29-27(34-6)16(3)24(14)17-7-8-19-22(9-17)31-26(33)20-13-30-32(25(19)20)23-11-18-10-21(15(23)2)28(18,4)5/h7-9,12-13,15,18,21,23H,10-11H2,1-6H3,(H,31,33)/t15?,18?,21?,23-/m0/s1. The molecule has 0 aliphatic heterocycles. The van der Waals surface area contributed by atoms with Gasteiger partial charge in [-0.25, -0.2) is 4.98 Å². The van der Waals surface area contributed by atoms with Crippen LogP contribution in [-0.4, -0.2) is 26.9 Å². The molecule has 3 saturated carbocycles. The molecule has 6 nitrogen and oxygen atoms in total. The van der Waals surface area contributed by atoms with Crippen molar-refractivity contribution in [3.05, 3.63) is 52.1 Å². The van der Waals surface area contributed by atoms with Gasteiger partial charge in [-0.2, -0.15) is 5.10 Å². The van der Waals surface area contributed by atoms with Crippen LogP contribution in [-0.2, 0) is 0 Å². The molecule has 7 rings (SSSR count). The number of benzene rings is 1. The van der Waals surface area contributed by atoms with Crippen molar-refractivity contribution >= 4 is 21.8 Å². The van der Waals surface area contributed by atoms with Gasteiger partial charge in [0.2, 0.25) is 5.88 Å². The summed E-state index contributed by atoms with van der Waals surface area (Å²) in [5, 5.41) is 6.50. The van der Waals surface area contributed by atoms with Gasteiger partial charge in [-0.1, -0.05) is 32.9 Å². The Kier molecular flexibility index (Phi) is 4.51. The maximum atomic E-state index is 13.1. The average Bonchev–Trinajstić information content (AvgIpc) is 3.25. The zero-order valence-electron chi connectivity index (χ0n) is 20.8. The number of hydrogen-bond donors (Lipinski definition) is 1. The molecule has 3 unspecified atom stereocenters. The van der Waals surface area contributed by atoms with Crippen LogP contribution in [0.15, 0.2) is 35.4 Å². The van der Waals surface area contributed by atoms with E-state index >= 15 is 0 Å². The van der Waals surface area contributed by atoms with Crippen LogP contribution in [0.4, 0.5) is 0 Å². The Morgan fingerprint density at radius 3 is 2.65 bits per heavy atom. The van der Waals surface area contributed by atoms with Gasteiger partial charge >= 0.3 is 0 Å². The maximum absolute atomic E-state index is 13.1. The second-order valence-electron chi connectivity index (χ2n) is 11.0. The van der Waals surface area contributed by atoms with Crippen molar-refractivity contribution in [2.75, 3.05) is 7.11 Å². The predicted molar refractivity (Wildman–Crippen MR) is 135 cm³/mol. The lowest BCUT2D eigenvalue weighted by molar-refractivity contribution is -0.124. The fourth-order valence-corrected chi connectivity index (χ4v) is 7.06. The summed E-state index contributed by atoms with van der Waals surface area (Å²) < 4.78 is 7.62. The number of pyridine rings is 2. The van der Waals surface area contributed by atoms with Crippen molar-refractivity contribution in [2.24, 2.45) is 23.2 Å². The number of H-pyrrole nitrogens is 1. The third-order valence-corrected chi connectivity index (χ3v) is 9.14. The fourth-order valence-electron chi connectivity index (χ4n) is 7.06. The number of methoxy groups -OCH3 is 1. The average molecular weight is 457 g/mol. The summed E-state index contributed by atoms with van der Waals surface area (Å²) in [6.45, 7) is 11.3. The number of aromatic nitrogens is 4. The monoisotopic (exact) mass is 456 g/mol. The van der Waals surface area contributed by atoms with E-state index in [1.165, 1.54) is 6.42 Å². The molecule has 1 N–H and O–H groups in total. The molecule has 4 atom stereocenters. The number of fused-ring (bicyclic) bond motifs is 5. The number of aromatic amines is 1. The topological polar surface area (TPSA) is 72.8 Å². The van der Waals surface area contributed by atoms with Crippen molar-refractivity contribution in [1.82, 2.24) is 19.7 Å². The van der Waals surface area contributed by atoms with Crippen molar-refractivity contribution in [1.29, 1.82) is 0 Å². The molecule has 3 aliphatic rings. The van der Waals surface area contributed by atoms with Crippen molar-refractivity contribution in [3.8, 4) is 17.0 Å². The summed E-state index contributed by atoms with van der Waals surface area (Å²) in [6.07, 6.45) is 6.04. The third kappa shape index (κ3) is 2.77. The molecule has 3 aliphatic carbocycles. The summed E-state index contributed by atoms with van der Waals surface area (Å²) in [4.78, 5) is 20.6. The number of nitrogens with zero attached hydrogens (tertiary/aromatic N) is 3. The van der Waals surface area contributed by atoms with Crippen molar-refractivity contribution in [2.45, 2.75) is 53.5 Å². The van der Waals surface area contributed by atoms with E-state index in [9.17, 15) is 4.79 Å². The molecule has 0 radical (unpaired) electrons. The van der Waals surface area contributed by atoms with Crippen LogP contribution in [0.2, 0.25) is 0 Å². The number of aryl methyl sites for hydroxylation is 1. The Hall–Kier alpha value is -3.15. The van der Waals surface area contributed by atoms with E-state index in [2.05, 4.69) is 60.5 Å². The first-order chi connectivity index (χ1) is 16.2. The summed E-state index contributed by atoms with van der Waals surface area (Å²) in [5.41, 5.74) is 6.32. The van der Waals surface area contributed by atoms with Crippen LogP contribution in [0, 0.1) is 37.0 Å². The molecule has 2 bridgehead atoms. The van der Waals surface area contributed by atoms with Gasteiger partial charge in [0.05, 0.1) is 35.8 Å². The van der Waals surface area contributed by atoms with Crippen molar-refractivity contribution < 1.29 is 4.74 Å². The van der Waals surface area contributed by atoms with Gasteiger partial charge in [0.15, 0.2) is 0 Å². The Morgan fingerprint density at radius 2 is 1.94 bits per heavy atom. The Bertz CT molecular complexity index is 1510. The molecule has 3 fully saturated rings. The molecular formula is C28H32N4O2. The van der Waals surface area contributed by atoms with E-state index in [-0.39, 0.29) is 5.56 Å². The van der Waals surface area contributed by atoms with Crippen LogP contribution in [0.25, 0.3) is 32.9 Å². The van der Waals surface area contributed by atoms with E-state index in [1.807, 2.05) is 13.1 Å². The number of ether oxygens (including phenoxy) is 1. The van der Waals surface area contributed by atoms with Gasteiger partial charge in [-0.3, -0.25) is 9.48 Å². The zero-order valence-corrected chi connectivity index (χ0v) is 20.8. The van der Waals surface area contributed by atoms with E-state index in [4.69, 9.17) is 9.84 Å². The molecular weight excluding hydrogens is 424 g/mol. The first kappa shape index (κ1) is 21.4. The van der Waals surface area contributed by atoms with Gasteiger partial charge in [0.25, 0.3) is 5.56 Å². The van der Waals surface area contributed by atoms with Gasteiger partial charge in [0.1, 0.15) is 0 Å². The third-order valence-electron chi connectivity index (χ3n) is 9.14. The van der Waals surface area contributed by atoms with Crippen LogP contribution in [0.3, 0.4) is 0 Å². The number of nitrogens with one attached hydrogen (secondary N) is 1. The first-order valence-electron chi connectivity index (χ1n) is 12.3. The lowest BCUT2D eigenvalue weighted by Crippen LogP contribution is -2.55. The normalized spacial score (nSPS) is 25.5. The maximum Gasteiger partial charge on any atom is 0.259 e. The largest absolute Gasteiger partial charge is 0.481 e. The van der Waals surface area contributed by atoms with E-state index in [0.717, 1.165) is 51.0 Å².